The van der Waals surface area contributed by atoms with Crippen LogP contribution in [0.4, 0.5) is 0 Å². The Balaban J connectivity index is 2.34. The lowest BCUT2D eigenvalue weighted by Crippen LogP contribution is -2.35. The van der Waals surface area contributed by atoms with Gasteiger partial charge in [0, 0.05) is 11.6 Å². The first-order valence-corrected chi connectivity index (χ1v) is 6.09. The van der Waals surface area contributed by atoms with Crippen molar-refractivity contribution in [1.29, 1.82) is 0 Å². The summed E-state index contributed by atoms with van der Waals surface area (Å²) in [5.41, 5.74) is 0. The third-order valence-corrected chi connectivity index (χ3v) is 2.49. The SMILES string of the molecule is COCC(=O)NCC(C)Oc1cccc(Br)c1. The highest BCUT2D eigenvalue weighted by molar-refractivity contribution is 9.10. The van der Waals surface area contributed by atoms with Gasteiger partial charge in [-0.05, 0) is 25.1 Å². The highest BCUT2D eigenvalue weighted by Crippen LogP contribution is 2.18. The van der Waals surface area contributed by atoms with Crippen molar-refractivity contribution in [2.75, 3.05) is 20.3 Å². The Labute approximate surface area is 109 Å². The fourth-order valence-corrected chi connectivity index (χ4v) is 1.63. The number of hydrogen-bond donors (Lipinski definition) is 1. The Hall–Kier alpha value is -1.07. The molecule has 0 radical (unpaired) electrons. The number of benzene rings is 1. The summed E-state index contributed by atoms with van der Waals surface area (Å²) in [5, 5.41) is 2.72. The summed E-state index contributed by atoms with van der Waals surface area (Å²) in [7, 11) is 1.49. The molecule has 1 unspecified atom stereocenters. The number of ether oxygens (including phenoxy) is 2. The predicted octanol–water partition coefficient (Wildman–Crippen LogP) is 1.98. The smallest absolute Gasteiger partial charge is 0.246 e. The van der Waals surface area contributed by atoms with Crippen LogP contribution >= 0.6 is 15.9 Å². The molecule has 1 amide bonds. The zero-order chi connectivity index (χ0) is 12.7. The molecule has 0 fully saturated rings. The molecule has 0 aliphatic carbocycles. The highest BCUT2D eigenvalue weighted by Gasteiger charge is 2.06. The van der Waals surface area contributed by atoms with Crippen LogP contribution in [0.1, 0.15) is 6.92 Å². The van der Waals surface area contributed by atoms with E-state index in [9.17, 15) is 4.79 Å². The standard InChI is InChI=1S/C12H16BrNO3/c1-9(7-14-12(15)8-16-2)17-11-5-3-4-10(13)6-11/h3-6,9H,7-8H2,1-2H3,(H,14,15). The molecule has 5 heteroatoms. The largest absolute Gasteiger partial charge is 0.489 e. The molecule has 0 heterocycles. The normalized spacial score (nSPS) is 11.9. The fourth-order valence-electron chi connectivity index (χ4n) is 1.25. The molecule has 1 aromatic rings. The maximum Gasteiger partial charge on any atom is 0.246 e. The van der Waals surface area contributed by atoms with Gasteiger partial charge in [-0.1, -0.05) is 22.0 Å². The molecular formula is C12H16BrNO3. The summed E-state index contributed by atoms with van der Waals surface area (Å²) in [6.45, 7) is 2.42. The molecule has 0 saturated heterocycles. The Morgan fingerprint density at radius 3 is 2.94 bits per heavy atom. The number of carbonyl (C=O) groups is 1. The molecule has 4 nitrogen and oxygen atoms in total. The number of rotatable bonds is 6. The van der Waals surface area contributed by atoms with Crippen LogP contribution in [-0.4, -0.2) is 32.3 Å². The lowest BCUT2D eigenvalue weighted by Gasteiger charge is -2.15. The molecule has 17 heavy (non-hydrogen) atoms. The van der Waals surface area contributed by atoms with E-state index < -0.39 is 0 Å². The lowest BCUT2D eigenvalue weighted by atomic mass is 10.3. The molecule has 1 rings (SSSR count). The molecule has 1 N–H and O–H groups in total. The molecule has 0 bridgehead atoms. The molecule has 0 aliphatic rings. The van der Waals surface area contributed by atoms with E-state index in [4.69, 9.17) is 9.47 Å². The van der Waals surface area contributed by atoms with Crippen molar-refractivity contribution in [3.63, 3.8) is 0 Å². The van der Waals surface area contributed by atoms with E-state index in [1.165, 1.54) is 7.11 Å². The van der Waals surface area contributed by atoms with Gasteiger partial charge in [0.05, 0.1) is 6.54 Å². The quantitative estimate of drug-likeness (QED) is 0.874. The van der Waals surface area contributed by atoms with Crippen molar-refractivity contribution in [3.8, 4) is 5.75 Å². The molecule has 1 aromatic carbocycles. The van der Waals surface area contributed by atoms with Gasteiger partial charge in [-0.25, -0.2) is 0 Å². The molecular weight excluding hydrogens is 286 g/mol. The second-order valence-electron chi connectivity index (χ2n) is 3.62. The third-order valence-electron chi connectivity index (χ3n) is 2.00. The number of carbonyl (C=O) groups excluding carboxylic acids is 1. The summed E-state index contributed by atoms with van der Waals surface area (Å²) in [6.07, 6.45) is -0.0925. The van der Waals surface area contributed by atoms with Gasteiger partial charge in [0.15, 0.2) is 0 Å². The summed E-state index contributed by atoms with van der Waals surface area (Å²) >= 11 is 3.37. The van der Waals surface area contributed by atoms with Crippen molar-refractivity contribution in [3.05, 3.63) is 28.7 Å². The van der Waals surface area contributed by atoms with Gasteiger partial charge in [-0.2, -0.15) is 0 Å². The average Bonchev–Trinajstić information content (AvgIpc) is 2.27. The van der Waals surface area contributed by atoms with Crippen LogP contribution in [0.15, 0.2) is 28.7 Å². The van der Waals surface area contributed by atoms with Crippen molar-refractivity contribution >= 4 is 21.8 Å². The van der Waals surface area contributed by atoms with Crippen LogP contribution in [-0.2, 0) is 9.53 Å². The van der Waals surface area contributed by atoms with Gasteiger partial charge < -0.3 is 14.8 Å². The van der Waals surface area contributed by atoms with E-state index in [1.807, 2.05) is 31.2 Å². The van der Waals surface area contributed by atoms with E-state index in [0.717, 1.165) is 10.2 Å². The average molecular weight is 302 g/mol. The molecule has 0 aromatic heterocycles. The first-order valence-electron chi connectivity index (χ1n) is 5.29. The van der Waals surface area contributed by atoms with Crippen LogP contribution in [0.2, 0.25) is 0 Å². The maximum atomic E-state index is 11.2. The Morgan fingerprint density at radius 1 is 1.53 bits per heavy atom. The molecule has 0 aliphatic heterocycles. The number of amides is 1. The molecule has 0 spiro atoms. The van der Waals surface area contributed by atoms with Gasteiger partial charge in [-0.3, -0.25) is 4.79 Å². The third kappa shape index (κ3) is 5.70. The fraction of sp³-hybridized carbons (Fsp3) is 0.417. The van der Waals surface area contributed by atoms with Gasteiger partial charge >= 0.3 is 0 Å². The second-order valence-corrected chi connectivity index (χ2v) is 4.54. The minimum atomic E-state index is -0.141. The minimum absolute atomic E-state index is 0.0730. The van der Waals surface area contributed by atoms with Crippen molar-refractivity contribution in [1.82, 2.24) is 5.32 Å². The zero-order valence-corrected chi connectivity index (χ0v) is 11.5. The van der Waals surface area contributed by atoms with Crippen LogP contribution in [0.3, 0.4) is 0 Å². The Bertz CT molecular complexity index is 371. The zero-order valence-electron chi connectivity index (χ0n) is 9.90. The van der Waals surface area contributed by atoms with E-state index in [-0.39, 0.29) is 18.6 Å². The van der Waals surface area contributed by atoms with E-state index in [0.29, 0.717) is 6.54 Å². The minimum Gasteiger partial charge on any atom is -0.489 e. The molecule has 0 saturated carbocycles. The monoisotopic (exact) mass is 301 g/mol. The Morgan fingerprint density at radius 2 is 2.29 bits per heavy atom. The van der Waals surface area contributed by atoms with Gasteiger partial charge in [0.1, 0.15) is 18.5 Å². The lowest BCUT2D eigenvalue weighted by molar-refractivity contribution is -0.125. The second kappa shape index (κ2) is 7.29. The first-order chi connectivity index (χ1) is 8.11. The van der Waals surface area contributed by atoms with Crippen molar-refractivity contribution < 1.29 is 14.3 Å². The highest BCUT2D eigenvalue weighted by atomic mass is 79.9. The number of hydrogen-bond acceptors (Lipinski definition) is 3. The van der Waals surface area contributed by atoms with Crippen LogP contribution < -0.4 is 10.1 Å². The van der Waals surface area contributed by atoms with Crippen molar-refractivity contribution in [2.24, 2.45) is 0 Å². The van der Waals surface area contributed by atoms with Crippen LogP contribution in [0.5, 0.6) is 5.75 Å². The summed E-state index contributed by atoms with van der Waals surface area (Å²) in [5.74, 6) is 0.630. The van der Waals surface area contributed by atoms with Gasteiger partial charge in [0.25, 0.3) is 0 Å². The van der Waals surface area contributed by atoms with E-state index in [1.54, 1.807) is 0 Å². The van der Waals surface area contributed by atoms with Crippen LogP contribution in [0.25, 0.3) is 0 Å². The van der Waals surface area contributed by atoms with Gasteiger partial charge in [0.2, 0.25) is 5.91 Å². The molecule has 94 valence electrons. The van der Waals surface area contributed by atoms with E-state index >= 15 is 0 Å². The summed E-state index contributed by atoms with van der Waals surface area (Å²) < 4.78 is 11.3. The number of halogens is 1. The molecule has 1 atom stereocenters. The van der Waals surface area contributed by atoms with Crippen LogP contribution in [0, 0.1) is 0 Å². The Kier molecular flexibility index (Phi) is 6.00. The summed E-state index contributed by atoms with van der Waals surface area (Å²) in [6, 6.07) is 7.58. The number of nitrogens with one attached hydrogen (secondary N) is 1. The predicted molar refractivity (Wildman–Crippen MR) is 69.1 cm³/mol. The van der Waals surface area contributed by atoms with Gasteiger partial charge in [-0.15, -0.1) is 0 Å². The summed E-state index contributed by atoms with van der Waals surface area (Å²) in [4.78, 5) is 11.2. The van der Waals surface area contributed by atoms with Crippen molar-refractivity contribution in [2.45, 2.75) is 13.0 Å². The number of methoxy groups -OCH3 is 1. The topological polar surface area (TPSA) is 47.6 Å². The first kappa shape index (κ1) is 14.0. The van der Waals surface area contributed by atoms with E-state index in [2.05, 4.69) is 21.2 Å². The maximum absolute atomic E-state index is 11.2.